The lowest BCUT2D eigenvalue weighted by Gasteiger charge is -2.41. The van der Waals surface area contributed by atoms with Crippen molar-refractivity contribution in [1.82, 2.24) is 20.0 Å². The second-order valence-corrected chi connectivity index (χ2v) is 18.5. The maximum atomic E-state index is 14.4. The Labute approximate surface area is 367 Å². The molecule has 0 aliphatic carbocycles. The average Bonchev–Trinajstić information content (AvgIpc) is 3.71. The third kappa shape index (κ3) is 14.3. The largest absolute Gasteiger partial charge is 0.379 e. The number of ether oxygens (including phenoxy) is 2. The van der Waals surface area contributed by atoms with Gasteiger partial charge in [-0.05, 0) is 69.2 Å². The number of likely N-dealkylation sites (N-methyl/N-ethyl adjacent to an activating group) is 2. The Morgan fingerprint density at radius 3 is 1.98 bits per heavy atom. The minimum Gasteiger partial charge on any atom is -0.379 e. The second kappa shape index (κ2) is 24.6. The van der Waals surface area contributed by atoms with Gasteiger partial charge < -0.3 is 24.6 Å². The van der Waals surface area contributed by atoms with Crippen molar-refractivity contribution in [3.05, 3.63) is 71.3 Å². The van der Waals surface area contributed by atoms with E-state index in [4.69, 9.17) is 9.47 Å². The fraction of sp³-hybridized carbons (Fsp3) is 0.660. The van der Waals surface area contributed by atoms with Gasteiger partial charge in [-0.25, -0.2) is 0 Å². The number of aryl methyl sites for hydroxylation is 1. The molecule has 61 heavy (non-hydrogen) atoms. The van der Waals surface area contributed by atoms with Gasteiger partial charge in [0, 0.05) is 65.0 Å². The van der Waals surface area contributed by atoms with Crippen LogP contribution < -0.4 is 5.32 Å². The normalized spacial score (nSPS) is 18.3. The molecule has 1 saturated heterocycles. The van der Waals surface area contributed by atoms with Crippen LogP contribution in [0.4, 0.5) is 0 Å². The van der Waals surface area contributed by atoms with Crippen molar-refractivity contribution >= 4 is 29.3 Å². The van der Waals surface area contributed by atoms with Gasteiger partial charge in [0.15, 0.2) is 5.78 Å². The van der Waals surface area contributed by atoms with Gasteiger partial charge in [-0.2, -0.15) is 0 Å². The highest BCUT2D eigenvalue weighted by molar-refractivity contribution is 5.90. The van der Waals surface area contributed by atoms with Gasteiger partial charge >= 0.3 is 0 Å². The van der Waals surface area contributed by atoms with Crippen LogP contribution in [0.2, 0.25) is 0 Å². The topological polar surface area (TPSA) is 126 Å². The Morgan fingerprint density at radius 2 is 1.44 bits per heavy atom. The number of nitrogens with one attached hydrogen (secondary N) is 1. The number of benzene rings is 2. The first-order valence-electron chi connectivity index (χ1n) is 22.6. The fourth-order valence-corrected chi connectivity index (χ4v) is 9.43. The quantitative estimate of drug-likeness (QED) is 0.112. The number of amides is 3. The molecular formula is C50H78N4O7. The zero-order chi connectivity index (χ0) is 45.6. The molecule has 0 spiro atoms. The molecule has 1 aliphatic rings. The number of carbonyl (C=O) groups excluding carboxylic acids is 5. The molecule has 0 aromatic heterocycles. The highest BCUT2D eigenvalue weighted by Gasteiger charge is 2.43. The van der Waals surface area contributed by atoms with Crippen LogP contribution in [0.25, 0.3) is 0 Å². The van der Waals surface area contributed by atoms with Crippen LogP contribution in [0.1, 0.15) is 104 Å². The standard InChI is InChI=1S/C50H78N4O7/c1-14-35(7)47(53(11)50(59)40(32(2)3)29-43(56)46(33(4)5)52(9)10)44(60-12)30-45(57)54-26-18-21-41(54)48(61-13)36(8)42(55)28-39(27-37-19-16-15-17-20-37)49(58)51-31-38-24-22-34(6)23-25-38/h15-17,19-20,22-25,32-33,35-36,39-41,44,46-48H,14,18,21,26-31H2,1-13H3,(H,51,58)/t35-,36-,39?,40-,41-,44+,46-,47-,48+/m0/s1. The molecule has 2 aromatic rings. The Kier molecular flexibility index (Phi) is 20.8. The molecule has 1 unspecified atom stereocenters. The average molecular weight is 847 g/mol. The summed E-state index contributed by atoms with van der Waals surface area (Å²) < 4.78 is 12.2. The monoisotopic (exact) mass is 847 g/mol. The van der Waals surface area contributed by atoms with Gasteiger partial charge in [0.25, 0.3) is 0 Å². The zero-order valence-electron chi connectivity index (χ0n) is 39.6. The molecule has 340 valence electrons. The van der Waals surface area contributed by atoms with Crippen LogP contribution in [0.3, 0.4) is 0 Å². The third-order valence-corrected chi connectivity index (χ3v) is 13.1. The zero-order valence-corrected chi connectivity index (χ0v) is 39.6. The number of likely N-dealkylation sites (tertiary alicyclic amines) is 1. The van der Waals surface area contributed by atoms with E-state index in [0.717, 1.165) is 29.5 Å². The molecule has 2 aromatic carbocycles. The van der Waals surface area contributed by atoms with Crippen LogP contribution in [0.5, 0.6) is 0 Å². The van der Waals surface area contributed by atoms with Crippen molar-refractivity contribution in [3.8, 4) is 0 Å². The molecule has 1 N–H and O–H groups in total. The molecule has 1 heterocycles. The second-order valence-electron chi connectivity index (χ2n) is 18.5. The summed E-state index contributed by atoms with van der Waals surface area (Å²) >= 11 is 0. The molecule has 3 rings (SSSR count). The van der Waals surface area contributed by atoms with Crippen LogP contribution in [-0.2, 0) is 46.4 Å². The first kappa shape index (κ1) is 51.4. The lowest BCUT2D eigenvalue weighted by atomic mass is 9.83. The van der Waals surface area contributed by atoms with E-state index < -0.39 is 36.0 Å². The van der Waals surface area contributed by atoms with E-state index in [2.05, 4.69) is 19.2 Å². The van der Waals surface area contributed by atoms with Crippen molar-refractivity contribution in [3.63, 3.8) is 0 Å². The van der Waals surface area contributed by atoms with Crippen molar-refractivity contribution in [2.45, 2.75) is 137 Å². The van der Waals surface area contributed by atoms with Gasteiger partial charge in [-0.3, -0.25) is 28.9 Å². The highest BCUT2D eigenvalue weighted by atomic mass is 16.5. The Bertz CT molecular complexity index is 1690. The predicted molar refractivity (Wildman–Crippen MR) is 243 cm³/mol. The summed E-state index contributed by atoms with van der Waals surface area (Å²) in [5.74, 6) is -2.12. The van der Waals surface area contributed by atoms with Gasteiger partial charge in [0.2, 0.25) is 17.7 Å². The summed E-state index contributed by atoms with van der Waals surface area (Å²) in [6.45, 7) is 16.9. The Morgan fingerprint density at radius 1 is 0.803 bits per heavy atom. The summed E-state index contributed by atoms with van der Waals surface area (Å²) in [5, 5.41) is 3.07. The van der Waals surface area contributed by atoms with E-state index in [9.17, 15) is 24.0 Å². The molecule has 0 bridgehead atoms. The number of rotatable bonds is 25. The van der Waals surface area contributed by atoms with Gasteiger partial charge in [-0.1, -0.05) is 115 Å². The van der Waals surface area contributed by atoms with Crippen LogP contribution in [0, 0.1) is 42.4 Å². The number of ketones is 2. The van der Waals surface area contributed by atoms with Crippen molar-refractivity contribution < 1.29 is 33.4 Å². The van der Waals surface area contributed by atoms with E-state index in [1.807, 2.05) is 120 Å². The number of carbonyl (C=O) groups is 5. The van der Waals surface area contributed by atoms with Crippen molar-refractivity contribution in [1.29, 1.82) is 0 Å². The fourth-order valence-electron chi connectivity index (χ4n) is 9.43. The maximum Gasteiger partial charge on any atom is 0.226 e. The SMILES string of the molecule is CC[C@H](C)[C@@H]([C@@H](CC(=O)N1CCC[C@H]1[C@H](OC)[C@@H](C)C(=O)CC(Cc1ccccc1)C(=O)NCc1ccc(C)cc1)OC)N(C)C(=O)[C@@H](CC(=O)[C@H](C(C)C)N(C)C)C(C)C. The summed E-state index contributed by atoms with van der Waals surface area (Å²) in [6.07, 6.45) is 1.63. The molecule has 9 atom stereocenters. The lowest BCUT2D eigenvalue weighted by molar-refractivity contribution is -0.149. The summed E-state index contributed by atoms with van der Waals surface area (Å²) in [5.41, 5.74) is 3.10. The Balaban J connectivity index is 1.79. The van der Waals surface area contributed by atoms with Crippen LogP contribution in [-0.4, -0.2) is 116 Å². The van der Waals surface area contributed by atoms with E-state index in [-0.39, 0.29) is 78.4 Å². The van der Waals surface area contributed by atoms with E-state index in [0.29, 0.717) is 25.9 Å². The molecule has 3 amide bonds. The van der Waals surface area contributed by atoms with Gasteiger partial charge in [0.05, 0.1) is 36.8 Å². The molecular weight excluding hydrogens is 769 g/mol. The lowest BCUT2D eigenvalue weighted by Crippen LogP contribution is -2.54. The molecule has 11 heteroatoms. The smallest absolute Gasteiger partial charge is 0.226 e. The number of nitrogens with zero attached hydrogens (tertiary/aromatic N) is 3. The van der Waals surface area contributed by atoms with E-state index in [1.54, 1.807) is 26.2 Å². The highest BCUT2D eigenvalue weighted by Crippen LogP contribution is 2.32. The van der Waals surface area contributed by atoms with Crippen LogP contribution in [0.15, 0.2) is 54.6 Å². The summed E-state index contributed by atoms with van der Waals surface area (Å²) in [7, 11) is 8.75. The van der Waals surface area contributed by atoms with E-state index >= 15 is 0 Å². The van der Waals surface area contributed by atoms with Gasteiger partial charge in [-0.15, -0.1) is 0 Å². The minimum absolute atomic E-state index is 0.00272. The number of hydrogen-bond donors (Lipinski definition) is 1. The third-order valence-electron chi connectivity index (χ3n) is 13.1. The Hall–Kier alpha value is -3.93. The van der Waals surface area contributed by atoms with E-state index in [1.165, 1.54) is 0 Å². The molecule has 0 saturated carbocycles. The van der Waals surface area contributed by atoms with Crippen molar-refractivity contribution in [2.24, 2.45) is 35.5 Å². The van der Waals surface area contributed by atoms with Crippen molar-refractivity contribution in [2.75, 3.05) is 41.9 Å². The molecule has 1 fully saturated rings. The number of Topliss-reactive ketones (excluding diaryl/α,β-unsaturated/α-hetero) is 2. The predicted octanol–water partition coefficient (Wildman–Crippen LogP) is 7.17. The minimum atomic E-state index is -0.608. The van der Waals surface area contributed by atoms with Gasteiger partial charge in [0.1, 0.15) is 5.78 Å². The molecule has 11 nitrogen and oxygen atoms in total. The summed E-state index contributed by atoms with van der Waals surface area (Å²) in [4.78, 5) is 75.8. The number of hydrogen-bond acceptors (Lipinski definition) is 8. The van der Waals surface area contributed by atoms with Crippen LogP contribution >= 0.6 is 0 Å². The summed E-state index contributed by atoms with van der Waals surface area (Å²) in [6, 6.07) is 16.7. The first-order chi connectivity index (χ1) is 28.9. The molecule has 1 aliphatic heterocycles. The maximum absolute atomic E-state index is 14.4. The first-order valence-corrected chi connectivity index (χ1v) is 22.6. The number of methoxy groups -OCH3 is 2. The molecule has 0 radical (unpaired) electrons.